The maximum Gasteiger partial charge on any atom is 0.150 e. The van der Waals surface area contributed by atoms with Crippen molar-refractivity contribution < 1.29 is 9.00 Å². The molecular weight excluding hydrogens is 174 g/mol. The second kappa shape index (κ2) is 3.06. The molecule has 0 aromatic heterocycles. The molecule has 12 heavy (non-hydrogen) atoms. The van der Waals surface area contributed by atoms with Crippen molar-refractivity contribution in [3.05, 3.63) is 29.8 Å². The van der Waals surface area contributed by atoms with Gasteiger partial charge in [0, 0.05) is 16.7 Å². The lowest BCUT2D eigenvalue weighted by molar-refractivity contribution is 0.112. The summed E-state index contributed by atoms with van der Waals surface area (Å²) in [5, 5.41) is 0. The van der Waals surface area contributed by atoms with Crippen LogP contribution in [0, 0.1) is 4.78 Å². The maximum atomic E-state index is 11.2. The van der Waals surface area contributed by atoms with Crippen LogP contribution in [-0.2, 0) is 9.73 Å². The Labute approximate surface area is 71.4 Å². The molecule has 1 aromatic carbocycles. The highest BCUT2D eigenvalue weighted by atomic mass is 32.2. The highest BCUT2D eigenvalue weighted by molar-refractivity contribution is 7.91. The summed E-state index contributed by atoms with van der Waals surface area (Å²) in [6.07, 6.45) is 2.06. The summed E-state index contributed by atoms with van der Waals surface area (Å²) in [4.78, 5) is 10.7. The number of carbonyl (C=O) groups excluding carboxylic acids is 1. The molecule has 1 unspecified atom stereocenters. The van der Waals surface area contributed by atoms with Gasteiger partial charge >= 0.3 is 0 Å². The van der Waals surface area contributed by atoms with Gasteiger partial charge in [-0.15, -0.1) is 0 Å². The fourth-order valence-electron chi connectivity index (χ4n) is 0.806. The van der Waals surface area contributed by atoms with Crippen molar-refractivity contribution in [2.45, 2.75) is 4.90 Å². The number of hydrogen-bond donors (Lipinski definition) is 1. The molecule has 0 amide bonds. The number of nitrogens with one attached hydrogen (secondary N) is 1. The first-order chi connectivity index (χ1) is 5.54. The molecule has 64 valence electrons. The van der Waals surface area contributed by atoms with Gasteiger partial charge in [-0.25, -0.2) is 8.99 Å². The number of hydrogen-bond acceptors (Lipinski definition) is 3. The SMILES string of the molecule is CS(=N)(=O)c1ccc(C=O)cc1. The average Bonchev–Trinajstić information content (AvgIpc) is 2.03. The molecule has 0 aliphatic carbocycles. The summed E-state index contributed by atoms with van der Waals surface area (Å²) < 4.78 is 18.4. The first kappa shape index (κ1) is 8.93. The zero-order valence-corrected chi connectivity index (χ0v) is 7.43. The Balaban J connectivity index is 3.17. The predicted octanol–water partition coefficient (Wildman–Crippen LogP) is 1.53. The van der Waals surface area contributed by atoms with Crippen molar-refractivity contribution in [3.8, 4) is 0 Å². The Morgan fingerprint density at radius 2 is 1.83 bits per heavy atom. The predicted molar refractivity (Wildman–Crippen MR) is 46.9 cm³/mol. The molecule has 1 rings (SSSR count). The van der Waals surface area contributed by atoms with E-state index >= 15 is 0 Å². The van der Waals surface area contributed by atoms with Crippen LogP contribution >= 0.6 is 0 Å². The Morgan fingerprint density at radius 1 is 1.33 bits per heavy atom. The maximum absolute atomic E-state index is 11.2. The lowest BCUT2D eigenvalue weighted by Crippen LogP contribution is -1.94. The molecule has 1 aromatic rings. The van der Waals surface area contributed by atoms with Gasteiger partial charge in [0.1, 0.15) is 6.29 Å². The second-order valence-corrected chi connectivity index (χ2v) is 4.69. The Morgan fingerprint density at radius 3 is 2.17 bits per heavy atom. The van der Waals surface area contributed by atoms with E-state index in [2.05, 4.69) is 0 Å². The van der Waals surface area contributed by atoms with Crippen LogP contribution in [0.15, 0.2) is 29.2 Å². The van der Waals surface area contributed by atoms with Crippen LogP contribution in [0.1, 0.15) is 10.4 Å². The number of carbonyl (C=O) groups is 1. The summed E-state index contributed by atoms with van der Waals surface area (Å²) >= 11 is 0. The largest absolute Gasteiger partial charge is 0.298 e. The van der Waals surface area contributed by atoms with Gasteiger partial charge in [0.2, 0.25) is 0 Å². The molecule has 0 aliphatic heterocycles. The molecule has 0 aliphatic rings. The Bertz CT molecular complexity index is 378. The van der Waals surface area contributed by atoms with Crippen LogP contribution < -0.4 is 0 Å². The zero-order valence-electron chi connectivity index (χ0n) is 6.61. The molecule has 0 radical (unpaired) electrons. The van der Waals surface area contributed by atoms with Crippen molar-refractivity contribution in [2.75, 3.05) is 6.26 Å². The molecule has 1 N–H and O–H groups in total. The van der Waals surface area contributed by atoms with Crippen molar-refractivity contribution in [1.29, 1.82) is 4.78 Å². The molecule has 4 heteroatoms. The van der Waals surface area contributed by atoms with Gasteiger partial charge in [-0.1, -0.05) is 12.1 Å². The Kier molecular flexibility index (Phi) is 2.28. The first-order valence-electron chi connectivity index (χ1n) is 3.33. The molecule has 0 spiro atoms. The van der Waals surface area contributed by atoms with E-state index in [1.165, 1.54) is 6.26 Å². The third-order valence-corrected chi connectivity index (χ3v) is 2.64. The zero-order chi connectivity index (χ0) is 9.19. The van der Waals surface area contributed by atoms with E-state index in [1.807, 2.05) is 0 Å². The minimum absolute atomic E-state index is 0.452. The monoisotopic (exact) mass is 183 g/mol. The normalized spacial score (nSPS) is 15.1. The van der Waals surface area contributed by atoms with Crippen molar-refractivity contribution in [3.63, 3.8) is 0 Å². The first-order valence-corrected chi connectivity index (χ1v) is 5.30. The molecule has 0 saturated heterocycles. The van der Waals surface area contributed by atoms with E-state index < -0.39 is 9.73 Å². The smallest absolute Gasteiger partial charge is 0.150 e. The molecule has 0 bridgehead atoms. The van der Waals surface area contributed by atoms with Crippen LogP contribution in [-0.4, -0.2) is 16.8 Å². The fourth-order valence-corrected chi connectivity index (χ4v) is 1.46. The standard InChI is InChI=1S/C8H9NO2S/c1-12(9,11)8-4-2-7(6-10)3-5-8/h2-6,9H,1H3. The number of rotatable bonds is 2. The van der Waals surface area contributed by atoms with Crippen molar-refractivity contribution in [1.82, 2.24) is 0 Å². The molecule has 1 atom stereocenters. The van der Waals surface area contributed by atoms with Gasteiger partial charge < -0.3 is 0 Å². The molecular formula is C8H9NO2S. The highest BCUT2D eigenvalue weighted by Gasteiger charge is 2.01. The van der Waals surface area contributed by atoms with Gasteiger partial charge in [-0.05, 0) is 12.1 Å². The second-order valence-electron chi connectivity index (χ2n) is 2.53. The Hall–Kier alpha value is -1.16. The highest BCUT2D eigenvalue weighted by Crippen LogP contribution is 2.09. The number of aldehydes is 1. The van der Waals surface area contributed by atoms with Crippen molar-refractivity contribution in [2.24, 2.45) is 0 Å². The minimum atomic E-state index is -2.64. The topological polar surface area (TPSA) is 58.0 Å². The van der Waals surface area contributed by atoms with Gasteiger partial charge in [0.15, 0.2) is 0 Å². The van der Waals surface area contributed by atoms with E-state index in [4.69, 9.17) is 4.78 Å². The van der Waals surface area contributed by atoms with Crippen LogP contribution in [0.3, 0.4) is 0 Å². The van der Waals surface area contributed by atoms with E-state index in [-0.39, 0.29) is 0 Å². The van der Waals surface area contributed by atoms with Crippen LogP contribution in [0.25, 0.3) is 0 Å². The van der Waals surface area contributed by atoms with E-state index in [1.54, 1.807) is 24.3 Å². The fraction of sp³-hybridized carbons (Fsp3) is 0.125. The molecule has 3 nitrogen and oxygen atoms in total. The summed E-state index contributed by atoms with van der Waals surface area (Å²) in [5.41, 5.74) is 0.530. The summed E-state index contributed by atoms with van der Waals surface area (Å²) in [5.74, 6) is 0. The van der Waals surface area contributed by atoms with E-state index in [0.717, 1.165) is 0 Å². The summed E-state index contributed by atoms with van der Waals surface area (Å²) in [7, 11) is -2.64. The van der Waals surface area contributed by atoms with Crippen molar-refractivity contribution >= 4 is 16.0 Å². The summed E-state index contributed by atoms with van der Waals surface area (Å²) in [6, 6.07) is 6.19. The molecule has 0 heterocycles. The van der Waals surface area contributed by atoms with Gasteiger partial charge in [0.05, 0.1) is 9.73 Å². The van der Waals surface area contributed by atoms with Gasteiger partial charge in [-0.2, -0.15) is 0 Å². The van der Waals surface area contributed by atoms with Gasteiger partial charge in [0.25, 0.3) is 0 Å². The minimum Gasteiger partial charge on any atom is -0.298 e. The summed E-state index contributed by atoms with van der Waals surface area (Å²) in [6.45, 7) is 0. The van der Waals surface area contributed by atoms with Crippen LogP contribution in [0.5, 0.6) is 0 Å². The third-order valence-electron chi connectivity index (χ3n) is 1.47. The average molecular weight is 183 g/mol. The van der Waals surface area contributed by atoms with E-state index in [9.17, 15) is 9.00 Å². The lowest BCUT2D eigenvalue weighted by Gasteiger charge is -1.99. The lowest BCUT2D eigenvalue weighted by atomic mass is 10.2. The quantitative estimate of drug-likeness (QED) is 0.707. The number of benzene rings is 1. The van der Waals surface area contributed by atoms with Crippen LogP contribution in [0.4, 0.5) is 0 Å². The third kappa shape index (κ3) is 1.92. The molecule has 0 fully saturated rings. The molecule has 0 saturated carbocycles. The van der Waals surface area contributed by atoms with E-state index in [0.29, 0.717) is 16.7 Å². The van der Waals surface area contributed by atoms with Crippen LogP contribution in [0.2, 0.25) is 0 Å². The van der Waals surface area contributed by atoms with Gasteiger partial charge in [-0.3, -0.25) is 4.79 Å².